The number of rotatable bonds is 5. The molecule has 21 heavy (non-hydrogen) atoms. The van der Waals surface area contributed by atoms with Crippen LogP contribution in [-0.2, 0) is 0 Å². The Balaban J connectivity index is 1.70. The molecular formula is C15H21FN2O3. The first-order chi connectivity index (χ1) is 10.1. The van der Waals surface area contributed by atoms with E-state index in [0.29, 0.717) is 13.1 Å². The number of halogens is 1. The van der Waals surface area contributed by atoms with Crippen LogP contribution in [0.2, 0.25) is 0 Å². The highest BCUT2D eigenvalue weighted by atomic mass is 19.1. The zero-order valence-corrected chi connectivity index (χ0v) is 11.9. The van der Waals surface area contributed by atoms with Crippen molar-refractivity contribution < 1.29 is 19.4 Å². The standard InChI is InChI=1S/C15H21FN2O3/c16-13-5-4-11(9-14(13)20)15(21)17-6-2-8-18-7-1-3-12(19)10-18/h4-5,9,12,19-20H,1-3,6-8,10H2,(H,17,21)/t12-/m0/s1. The number of carbonyl (C=O) groups excluding carboxylic acids is 1. The maximum Gasteiger partial charge on any atom is 0.251 e. The molecule has 116 valence electrons. The summed E-state index contributed by atoms with van der Waals surface area (Å²) < 4.78 is 12.9. The average molecular weight is 296 g/mol. The van der Waals surface area contributed by atoms with Crippen molar-refractivity contribution in [2.24, 2.45) is 0 Å². The largest absolute Gasteiger partial charge is 0.505 e. The van der Waals surface area contributed by atoms with E-state index in [4.69, 9.17) is 0 Å². The van der Waals surface area contributed by atoms with E-state index >= 15 is 0 Å². The fraction of sp³-hybridized carbons (Fsp3) is 0.533. The number of benzene rings is 1. The van der Waals surface area contributed by atoms with Gasteiger partial charge in [0.2, 0.25) is 0 Å². The molecule has 3 N–H and O–H groups in total. The zero-order valence-electron chi connectivity index (χ0n) is 11.9. The Kier molecular flexibility index (Phi) is 5.52. The molecule has 1 heterocycles. The Morgan fingerprint density at radius 3 is 3.00 bits per heavy atom. The molecular weight excluding hydrogens is 275 g/mol. The number of likely N-dealkylation sites (tertiary alicyclic amines) is 1. The molecule has 1 saturated heterocycles. The normalized spacial score (nSPS) is 19.4. The van der Waals surface area contributed by atoms with Crippen LogP contribution >= 0.6 is 0 Å². The SMILES string of the molecule is O=C(NCCCN1CCC[C@H](O)C1)c1ccc(F)c(O)c1. The van der Waals surface area contributed by atoms with Gasteiger partial charge in [0.05, 0.1) is 6.10 Å². The lowest BCUT2D eigenvalue weighted by atomic mass is 10.1. The molecule has 5 nitrogen and oxygen atoms in total. The molecule has 1 aromatic carbocycles. The van der Waals surface area contributed by atoms with E-state index in [1.807, 2.05) is 0 Å². The van der Waals surface area contributed by atoms with Crippen molar-refractivity contribution in [3.8, 4) is 5.75 Å². The van der Waals surface area contributed by atoms with Crippen LogP contribution in [0.5, 0.6) is 5.75 Å². The van der Waals surface area contributed by atoms with E-state index in [1.54, 1.807) is 0 Å². The number of amides is 1. The van der Waals surface area contributed by atoms with Crippen molar-refractivity contribution in [1.29, 1.82) is 0 Å². The smallest absolute Gasteiger partial charge is 0.251 e. The summed E-state index contributed by atoms with van der Waals surface area (Å²) >= 11 is 0. The second-order valence-corrected chi connectivity index (χ2v) is 5.37. The molecule has 1 aliphatic heterocycles. The first-order valence-corrected chi connectivity index (χ1v) is 7.23. The number of aliphatic hydroxyl groups excluding tert-OH is 1. The van der Waals surface area contributed by atoms with Crippen LogP contribution in [-0.4, -0.2) is 53.3 Å². The molecule has 0 bridgehead atoms. The van der Waals surface area contributed by atoms with Gasteiger partial charge < -0.3 is 20.4 Å². The van der Waals surface area contributed by atoms with Crippen LogP contribution in [0.1, 0.15) is 29.6 Å². The lowest BCUT2D eigenvalue weighted by Gasteiger charge is -2.29. The summed E-state index contributed by atoms with van der Waals surface area (Å²) in [5.41, 5.74) is 0.238. The van der Waals surface area contributed by atoms with Gasteiger partial charge in [-0.1, -0.05) is 0 Å². The third-order valence-electron chi connectivity index (χ3n) is 3.63. The number of phenols is 1. The van der Waals surface area contributed by atoms with Crippen molar-refractivity contribution in [3.05, 3.63) is 29.6 Å². The van der Waals surface area contributed by atoms with Crippen molar-refractivity contribution in [2.75, 3.05) is 26.2 Å². The number of phenolic OH excluding ortho intramolecular Hbond substituents is 1. The van der Waals surface area contributed by atoms with E-state index in [1.165, 1.54) is 6.07 Å². The maximum absolute atomic E-state index is 12.9. The number of β-amino-alcohol motifs (C(OH)–C–C–N with tert-alkyl or cyclic N) is 1. The quantitative estimate of drug-likeness (QED) is 0.712. The molecule has 1 amide bonds. The van der Waals surface area contributed by atoms with Crippen molar-refractivity contribution in [3.63, 3.8) is 0 Å². The summed E-state index contributed by atoms with van der Waals surface area (Å²) in [6, 6.07) is 3.52. The summed E-state index contributed by atoms with van der Waals surface area (Å²) in [5.74, 6) is -1.59. The van der Waals surface area contributed by atoms with Crippen LogP contribution in [0.3, 0.4) is 0 Å². The predicted octanol–water partition coefficient (Wildman–Crippen LogP) is 1.11. The number of hydrogen-bond donors (Lipinski definition) is 3. The molecule has 0 unspecified atom stereocenters. The van der Waals surface area contributed by atoms with Gasteiger partial charge in [-0.15, -0.1) is 0 Å². The third kappa shape index (κ3) is 4.68. The van der Waals surface area contributed by atoms with Gasteiger partial charge in [-0.3, -0.25) is 4.79 Å². The minimum absolute atomic E-state index is 0.238. The van der Waals surface area contributed by atoms with Gasteiger partial charge in [0, 0.05) is 18.7 Å². The minimum Gasteiger partial charge on any atom is -0.505 e. The van der Waals surface area contributed by atoms with Crippen molar-refractivity contribution in [2.45, 2.75) is 25.4 Å². The highest BCUT2D eigenvalue weighted by molar-refractivity contribution is 5.94. The van der Waals surface area contributed by atoms with Crippen molar-refractivity contribution in [1.82, 2.24) is 10.2 Å². The van der Waals surface area contributed by atoms with E-state index < -0.39 is 11.6 Å². The summed E-state index contributed by atoms with van der Waals surface area (Å²) in [6.07, 6.45) is 2.41. The average Bonchev–Trinajstić information content (AvgIpc) is 2.46. The Morgan fingerprint density at radius 1 is 1.48 bits per heavy atom. The summed E-state index contributed by atoms with van der Waals surface area (Å²) in [6.45, 7) is 3.01. The van der Waals surface area contributed by atoms with E-state index in [-0.39, 0.29) is 17.6 Å². The molecule has 1 aromatic rings. The van der Waals surface area contributed by atoms with E-state index in [9.17, 15) is 19.4 Å². The number of carbonyl (C=O) groups is 1. The number of aliphatic hydroxyl groups is 1. The van der Waals surface area contributed by atoms with Crippen LogP contribution in [0.25, 0.3) is 0 Å². The molecule has 6 heteroatoms. The topological polar surface area (TPSA) is 72.8 Å². The molecule has 0 radical (unpaired) electrons. The Morgan fingerprint density at radius 2 is 2.29 bits per heavy atom. The monoisotopic (exact) mass is 296 g/mol. The molecule has 0 spiro atoms. The third-order valence-corrected chi connectivity index (χ3v) is 3.63. The zero-order chi connectivity index (χ0) is 15.2. The number of hydrogen-bond acceptors (Lipinski definition) is 4. The maximum atomic E-state index is 12.9. The first kappa shape index (κ1) is 15.7. The number of nitrogens with zero attached hydrogens (tertiary/aromatic N) is 1. The molecule has 0 aliphatic carbocycles. The van der Waals surface area contributed by atoms with Gasteiger partial charge in [-0.05, 0) is 50.6 Å². The van der Waals surface area contributed by atoms with Crippen LogP contribution in [0, 0.1) is 5.82 Å². The van der Waals surface area contributed by atoms with Gasteiger partial charge in [-0.2, -0.15) is 0 Å². The molecule has 1 atom stereocenters. The molecule has 0 aromatic heterocycles. The molecule has 1 aliphatic rings. The number of nitrogens with one attached hydrogen (secondary N) is 1. The van der Waals surface area contributed by atoms with Crippen LogP contribution in [0.15, 0.2) is 18.2 Å². The Bertz CT molecular complexity index is 496. The van der Waals surface area contributed by atoms with Gasteiger partial charge >= 0.3 is 0 Å². The molecule has 0 saturated carbocycles. The van der Waals surface area contributed by atoms with Crippen LogP contribution < -0.4 is 5.32 Å². The van der Waals surface area contributed by atoms with E-state index in [2.05, 4.69) is 10.2 Å². The van der Waals surface area contributed by atoms with Gasteiger partial charge in [0.25, 0.3) is 5.91 Å². The summed E-state index contributed by atoms with van der Waals surface area (Å²) in [5, 5.41) is 21.5. The first-order valence-electron chi connectivity index (χ1n) is 7.23. The number of aromatic hydroxyl groups is 1. The Hall–Kier alpha value is -1.66. The minimum atomic E-state index is -0.741. The lowest BCUT2D eigenvalue weighted by Crippen LogP contribution is -2.39. The Labute approximate surface area is 123 Å². The number of piperidine rings is 1. The second kappa shape index (κ2) is 7.38. The van der Waals surface area contributed by atoms with E-state index in [0.717, 1.165) is 44.5 Å². The molecule has 2 rings (SSSR count). The summed E-state index contributed by atoms with van der Waals surface area (Å²) in [7, 11) is 0. The summed E-state index contributed by atoms with van der Waals surface area (Å²) in [4.78, 5) is 14.0. The van der Waals surface area contributed by atoms with Gasteiger partial charge in [0.1, 0.15) is 0 Å². The van der Waals surface area contributed by atoms with Gasteiger partial charge in [-0.25, -0.2) is 4.39 Å². The molecule has 1 fully saturated rings. The fourth-order valence-corrected chi connectivity index (χ4v) is 2.49. The lowest BCUT2D eigenvalue weighted by molar-refractivity contribution is 0.0697. The highest BCUT2D eigenvalue weighted by Crippen LogP contribution is 2.16. The highest BCUT2D eigenvalue weighted by Gasteiger charge is 2.16. The van der Waals surface area contributed by atoms with Crippen molar-refractivity contribution >= 4 is 5.91 Å². The second-order valence-electron chi connectivity index (χ2n) is 5.37. The van der Waals surface area contributed by atoms with Crippen LogP contribution in [0.4, 0.5) is 4.39 Å². The van der Waals surface area contributed by atoms with Gasteiger partial charge in [0.15, 0.2) is 11.6 Å². The fourth-order valence-electron chi connectivity index (χ4n) is 2.49. The predicted molar refractivity (Wildman–Crippen MR) is 76.7 cm³/mol.